The van der Waals surface area contributed by atoms with Gasteiger partial charge in [0.15, 0.2) is 0 Å². The molecule has 1 aliphatic heterocycles. The number of carbonyl (C=O) groups is 1. The molecule has 5 heteroatoms. The van der Waals surface area contributed by atoms with Crippen LogP contribution >= 0.6 is 11.6 Å². The van der Waals surface area contributed by atoms with E-state index in [0.29, 0.717) is 22.5 Å². The number of amides is 1. The van der Waals surface area contributed by atoms with Gasteiger partial charge in [-0.3, -0.25) is 4.79 Å². The Balaban J connectivity index is 2.23. The first-order valence-electron chi connectivity index (χ1n) is 7.43. The van der Waals surface area contributed by atoms with Crippen LogP contribution in [-0.4, -0.2) is 55.5 Å². The van der Waals surface area contributed by atoms with Crippen molar-refractivity contribution in [1.82, 2.24) is 9.80 Å². The minimum absolute atomic E-state index is 0.0599. The molecular formula is C16H24ClN3O. The Morgan fingerprint density at radius 3 is 2.71 bits per heavy atom. The van der Waals surface area contributed by atoms with Gasteiger partial charge < -0.3 is 15.1 Å². The van der Waals surface area contributed by atoms with Gasteiger partial charge in [0.05, 0.1) is 5.56 Å². The van der Waals surface area contributed by atoms with Gasteiger partial charge in [-0.15, -0.1) is 0 Å². The predicted molar refractivity (Wildman–Crippen MR) is 88.2 cm³/mol. The smallest absolute Gasteiger partial charge is 0.256 e. The number of hydrogen-bond acceptors (Lipinski definition) is 3. The fourth-order valence-corrected chi connectivity index (χ4v) is 3.17. The summed E-state index contributed by atoms with van der Waals surface area (Å²) >= 11 is 6.07. The summed E-state index contributed by atoms with van der Waals surface area (Å²) < 4.78 is 0. The molecule has 1 aromatic carbocycles. The van der Waals surface area contributed by atoms with Gasteiger partial charge in [0.1, 0.15) is 0 Å². The molecule has 1 saturated heterocycles. The van der Waals surface area contributed by atoms with Gasteiger partial charge >= 0.3 is 0 Å². The van der Waals surface area contributed by atoms with Crippen LogP contribution in [0.4, 0.5) is 5.69 Å². The van der Waals surface area contributed by atoms with E-state index < -0.39 is 0 Å². The van der Waals surface area contributed by atoms with E-state index in [1.807, 2.05) is 24.0 Å². The molecule has 1 aliphatic rings. The summed E-state index contributed by atoms with van der Waals surface area (Å²) in [5, 5.41) is 3.83. The lowest BCUT2D eigenvalue weighted by Gasteiger charge is -2.22. The van der Waals surface area contributed by atoms with E-state index >= 15 is 0 Å². The van der Waals surface area contributed by atoms with Crippen molar-refractivity contribution in [3.05, 3.63) is 28.8 Å². The molecule has 0 saturated carbocycles. The van der Waals surface area contributed by atoms with Crippen molar-refractivity contribution < 1.29 is 4.79 Å². The molecule has 2 rings (SSSR count). The minimum Gasteiger partial charge on any atom is -0.385 e. The van der Waals surface area contributed by atoms with Crippen LogP contribution in [0, 0.1) is 5.92 Å². The second-order valence-electron chi connectivity index (χ2n) is 5.94. The predicted octanol–water partition coefficient (Wildman–Crippen LogP) is 2.79. The molecule has 1 fully saturated rings. The van der Waals surface area contributed by atoms with Crippen molar-refractivity contribution in [3.8, 4) is 0 Å². The van der Waals surface area contributed by atoms with Gasteiger partial charge in [-0.25, -0.2) is 0 Å². The van der Waals surface area contributed by atoms with E-state index in [1.165, 1.54) is 0 Å². The summed E-state index contributed by atoms with van der Waals surface area (Å²) in [4.78, 5) is 16.9. The molecule has 21 heavy (non-hydrogen) atoms. The Hall–Kier alpha value is -1.26. The highest BCUT2D eigenvalue weighted by atomic mass is 35.5. The van der Waals surface area contributed by atoms with E-state index in [1.54, 1.807) is 6.07 Å². The van der Waals surface area contributed by atoms with E-state index in [9.17, 15) is 4.79 Å². The Labute approximate surface area is 132 Å². The molecular weight excluding hydrogens is 286 g/mol. The van der Waals surface area contributed by atoms with Crippen molar-refractivity contribution in [3.63, 3.8) is 0 Å². The molecule has 1 heterocycles. The van der Waals surface area contributed by atoms with Crippen LogP contribution in [0.25, 0.3) is 0 Å². The summed E-state index contributed by atoms with van der Waals surface area (Å²) in [6, 6.07) is 5.86. The third kappa shape index (κ3) is 3.50. The van der Waals surface area contributed by atoms with Crippen LogP contribution in [0.15, 0.2) is 18.2 Å². The molecule has 2 unspecified atom stereocenters. The Morgan fingerprint density at radius 1 is 1.43 bits per heavy atom. The summed E-state index contributed by atoms with van der Waals surface area (Å²) in [5.74, 6) is 0.537. The Morgan fingerprint density at radius 2 is 2.14 bits per heavy atom. The molecule has 0 spiro atoms. The number of benzene rings is 1. The molecule has 1 N–H and O–H groups in total. The molecule has 0 aliphatic carbocycles. The maximum atomic E-state index is 12.8. The highest BCUT2D eigenvalue weighted by Gasteiger charge is 2.34. The zero-order valence-corrected chi connectivity index (χ0v) is 13.9. The number of anilines is 1. The second kappa shape index (κ2) is 6.67. The molecule has 0 radical (unpaired) electrons. The molecule has 0 bridgehead atoms. The van der Waals surface area contributed by atoms with Gasteiger partial charge in [-0.2, -0.15) is 0 Å². The number of likely N-dealkylation sites (N-methyl/N-ethyl adjacent to an activating group) is 1. The number of nitrogens with zero attached hydrogens (tertiary/aromatic N) is 2. The van der Waals surface area contributed by atoms with Crippen LogP contribution in [-0.2, 0) is 0 Å². The highest BCUT2D eigenvalue weighted by Crippen LogP contribution is 2.26. The third-order valence-corrected chi connectivity index (χ3v) is 4.34. The van der Waals surface area contributed by atoms with Gasteiger partial charge in [0.2, 0.25) is 0 Å². The zero-order chi connectivity index (χ0) is 15.6. The van der Waals surface area contributed by atoms with Crippen molar-refractivity contribution in [1.29, 1.82) is 0 Å². The number of nitrogens with one attached hydrogen (secondary N) is 1. The van der Waals surface area contributed by atoms with Gasteiger partial charge in [-0.1, -0.05) is 18.5 Å². The van der Waals surface area contributed by atoms with Gasteiger partial charge in [0, 0.05) is 36.4 Å². The Bertz CT molecular complexity index is 518. The molecule has 2 atom stereocenters. The molecule has 116 valence electrons. The first-order valence-corrected chi connectivity index (χ1v) is 7.81. The number of rotatable bonds is 4. The average Bonchev–Trinajstić information content (AvgIpc) is 2.82. The highest BCUT2D eigenvalue weighted by molar-refractivity contribution is 6.31. The fourth-order valence-electron chi connectivity index (χ4n) is 3.00. The van der Waals surface area contributed by atoms with Crippen molar-refractivity contribution in [2.45, 2.75) is 19.9 Å². The molecule has 1 amide bonds. The van der Waals surface area contributed by atoms with Gasteiger partial charge in [-0.05, 0) is 45.1 Å². The van der Waals surface area contributed by atoms with Crippen LogP contribution in [0.3, 0.4) is 0 Å². The minimum atomic E-state index is 0.0599. The SMILES string of the molecule is CCNc1ccc(Cl)cc1C(=O)N1CC(C)C(N(C)C)C1. The molecule has 4 nitrogen and oxygen atoms in total. The van der Waals surface area contributed by atoms with Crippen LogP contribution in [0.1, 0.15) is 24.2 Å². The van der Waals surface area contributed by atoms with Crippen molar-refractivity contribution >= 4 is 23.2 Å². The summed E-state index contributed by atoms with van der Waals surface area (Å²) in [7, 11) is 4.14. The van der Waals surface area contributed by atoms with E-state index in [2.05, 4.69) is 31.2 Å². The maximum Gasteiger partial charge on any atom is 0.256 e. The number of halogens is 1. The van der Waals surface area contributed by atoms with Crippen LogP contribution < -0.4 is 5.32 Å². The van der Waals surface area contributed by atoms with Crippen LogP contribution in [0.5, 0.6) is 0 Å². The maximum absolute atomic E-state index is 12.8. The first kappa shape index (κ1) is 16.1. The molecule has 1 aromatic rings. The van der Waals surface area contributed by atoms with Crippen molar-refractivity contribution in [2.75, 3.05) is 39.0 Å². The largest absolute Gasteiger partial charge is 0.385 e. The fraction of sp³-hybridized carbons (Fsp3) is 0.562. The lowest BCUT2D eigenvalue weighted by atomic mass is 10.1. The van der Waals surface area contributed by atoms with E-state index in [0.717, 1.165) is 25.3 Å². The normalized spacial score (nSPS) is 21.9. The third-order valence-electron chi connectivity index (χ3n) is 4.10. The quantitative estimate of drug-likeness (QED) is 0.929. The van der Waals surface area contributed by atoms with E-state index in [-0.39, 0.29) is 5.91 Å². The first-order chi connectivity index (χ1) is 9.93. The average molecular weight is 310 g/mol. The van der Waals surface area contributed by atoms with Gasteiger partial charge in [0.25, 0.3) is 5.91 Å². The van der Waals surface area contributed by atoms with E-state index in [4.69, 9.17) is 11.6 Å². The Kier molecular flexibility index (Phi) is 5.12. The molecule has 0 aromatic heterocycles. The lowest BCUT2D eigenvalue weighted by Crippen LogP contribution is -2.36. The zero-order valence-electron chi connectivity index (χ0n) is 13.2. The lowest BCUT2D eigenvalue weighted by molar-refractivity contribution is 0.0782. The van der Waals surface area contributed by atoms with Crippen molar-refractivity contribution in [2.24, 2.45) is 5.92 Å². The van der Waals surface area contributed by atoms with Crippen LogP contribution in [0.2, 0.25) is 5.02 Å². The summed E-state index contributed by atoms with van der Waals surface area (Å²) in [6.07, 6.45) is 0. The number of hydrogen-bond donors (Lipinski definition) is 1. The summed E-state index contributed by atoms with van der Waals surface area (Å²) in [5.41, 5.74) is 1.52. The number of carbonyl (C=O) groups excluding carboxylic acids is 1. The topological polar surface area (TPSA) is 35.6 Å². The monoisotopic (exact) mass is 309 g/mol. The second-order valence-corrected chi connectivity index (χ2v) is 6.38. The number of likely N-dealkylation sites (tertiary alicyclic amines) is 1. The standard InChI is InChI=1S/C16H24ClN3O/c1-5-18-14-7-6-12(17)8-13(14)16(21)20-9-11(2)15(10-20)19(3)4/h6-8,11,15,18H,5,9-10H2,1-4H3. The summed E-state index contributed by atoms with van der Waals surface area (Å²) in [6.45, 7) is 6.55.